The number of para-hydroxylation sites is 2. The highest BCUT2D eigenvalue weighted by Crippen LogP contribution is 2.29. The Kier molecular flexibility index (Phi) is 9.47. The molecule has 0 N–H and O–H groups in total. The van der Waals surface area contributed by atoms with Crippen molar-refractivity contribution in [3.8, 4) is 6.07 Å². The summed E-state index contributed by atoms with van der Waals surface area (Å²) in [5, 5.41) is 9.98. The van der Waals surface area contributed by atoms with E-state index in [0.29, 0.717) is 36.7 Å². The summed E-state index contributed by atoms with van der Waals surface area (Å²) >= 11 is 0. The Morgan fingerprint density at radius 1 is 0.973 bits per heavy atom. The van der Waals surface area contributed by atoms with Gasteiger partial charge in [0.2, 0.25) is 0 Å². The van der Waals surface area contributed by atoms with Gasteiger partial charge in [-0.25, -0.2) is 9.97 Å². The van der Waals surface area contributed by atoms with Crippen LogP contribution in [0.5, 0.6) is 0 Å². The zero-order valence-electron chi connectivity index (χ0n) is 21.6. The molecule has 0 saturated carbocycles. The lowest BCUT2D eigenvalue weighted by atomic mass is 10.1. The summed E-state index contributed by atoms with van der Waals surface area (Å²) in [6.07, 6.45) is 9.53. The highest BCUT2D eigenvalue weighted by molar-refractivity contribution is 5.85. The predicted octanol–water partition coefficient (Wildman–Crippen LogP) is 5.54. The molecule has 0 aliphatic carbocycles. The van der Waals surface area contributed by atoms with Gasteiger partial charge in [0.05, 0.1) is 23.7 Å². The number of piperazine rings is 1. The maximum atomic E-state index is 13.0. The van der Waals surface area contributed by atoms with Gasteiger partial charge in [0, 0.05) is 26.2 Å². The van der Waals surface area contributed by atoms with E-state index >= 15 is 0 Å². The van der Waals surface area contributed by atoms with Crippen LogP contribution in [-0.2, 0) is 9.53 Å². The summed E-state index contributed by atoms with van der Waals surface area (Å²) < 4.78 is 5.51. The summed E-state index contributed by atoms with van der Waals surface area (Å²) in [7, 11) is 0. The van der Waals surface area contributed by atoms with Crippen LogP contribution >= 0.6 is 0 Å². The van der Waals surface area contributed by atoms with E-state index in [-0.39, 0.29) is 0 Å². The van der Waals surface area contributed by atoms with Crippen molar-refractivity contribution in [1.29, 1.82) is 5.26 Å². The Hall–Kier alpha value is -3.92. The van der Waals surface area contributed by atoms with Crippen molar-refractivity contribution in [2.75, 3.05) is 37.7 Å². The van der Waals surface area contributed by atoms with Crippen LogP contribution < -0.4 is 4.90 Å². The monoisotopic (exact) mass is 497 g/mol. The van der Waals surface area contributed by atoms with Crippen LogP contribution in [0, 0.1) is 11.3 Å². The van der Waals surface area contributed by atoms with Gasteiger partial charge in [-0.2, -0.15) is 5.26 Å². The average molecular weight is 498 g/mol. The third-order valence-corrected chi connectivity index (χ3v) is 6.60. The number of aromatic nitrogens is 2. The quantitative estimate of drug-likeness (QED) is 0.254. The van der Waals surface area contributed by atoms with Crippen molar-refractivity contribution in [2.24, 2.45) is 0 Å². The molecule has 0 spiro atoms. The van der Waals surface area contributed by atoms with Crippen LogP contribution in [0.2, 0.25) is 0 Å². The third-order valence-electron chi connectivity index (χ3n) is 6.60. The van der Waals surface area contributed by atoms with Gasteiger partial charge >= 0.3 is 5.97 Å². The second-order valence-corrected chi connectivity index (χ2v) is 9.31. The number of hydrogen-bond acceptors (Lipinski definition) is 7. The largest absolute Gasteiger partial charge is 0.464 e. The molecule has 192 valence electrons. The fourth-order valence-corrected chi connectivity index (χ4v) is 4.46. The zero-order valence-corrected chi connectivity index (χ0v) is 21.6. The van der Waals surface area contributed by atoms with E-state index in [1.165, 1.54) is 6.42 Å². The maximum Gasteiger partial charge on any atom is 0.329 e. The van der Waals surface area contributed by atoms with Gasteiger partial charge in [-0.3, -0.25) is 4.79 Å². The molecular weight excluding hydrogens is 462 g/mol. The van der Waals surface area contributed by atoms with Gasteiger partial charge in [0.25, 0.3) is 0 Å². The molecule has 1 aromatic heterocycles. The molecule has 2 heterocycles. The fraction of sp³-hybridized carbons (Fsp3) is 0.400. The van der Waals surface area contributed by atoms with E-state index in [1.54, 1.807) is 0 Å². The van der Waals surface area contributed by atoms with Gasteiger partial charge in [-0.05, 0) is 36.4 Å². The number of fused-ring (bicyclic) bond motifs is 1. The number of unbranched alkanes of at least 4 members (excludes halogenated alkanes) is 4. The molecule has 37 heavy (non-hydrogen) atoms. The first-order chi connectivity index (χ1) is 18.2. The highest BCUT2D eigenvalue weighted by atomic mass is 16.5. The molecule has 1 fully saturated rings. The van der Waals surface area contributed by atoms with Gasteiger partial charge in [-0.15, -0.1) is 0 Å². The number of carbonyl (C=O) groups is 1. The number of benzene rings is 2. The van der Waals surface area contributed by atoms with Crippen molar-refractivity contribution in [1.82, 2.24) is 14.9 Å². The van der Waals surface area contributed by atoms with Crippen LogP contribution in [0.4, 0.5) is 5.82 Å². The summed E-state index contributed by atoms with van der Waals surface area (Å²) in [5.41, 5.74) is 2.95. The molecule has 1 aliphatic rings. The lowest BCUT2D eigenvalue weighted by Crippen LogP contribution is -2.45. The molecule has 7 heteroatoms. The number of rotatable bonds is 11. The number of anilines is 1. The summed E-state index contributed by atoms with van der Waals surface area (Å²) in [4.78, 5) is 27.0. The Bertz CT molecular complexity index is 1230. The van der Waals surface area contributed by atoms with Crippen LogP contribution in [0.25, 0.3) is 17.1 Å². The van der Waals surface area contributed by atoms with E-state index in [4.69, 9.17) is 14.7 Å². The number of ether oxygens (including phenoxy) is 1. The van der Waals surface area contributed by atoms with Crippen molar-refractivity contribution in [3.05, 3.63) is 72.1 Å². The van der Waals surface area contributed by atoms with E-state index in [0.717, 1.165) is 49.9 Å². The van der Waals surface area contributed by atoms with Gasteiger partial charge in [0.1, 0.15) is 5.69 Å². The minimum atomic E-state index is -1.11. The number of hydrogen-bond donors (Lipinski definition) is 0. The van der Waals surface area contributed by atoms with E-state index in [9.17, 15) is 10.1 Å². The maximum absolute atomic E-state index is 13.0. The molecule has 7 nitrogen and oxygen atoms in total. The van der Waals surface area contributed by atoms with Crippen molar-refractivity contribution in [2.45, 2.75) is 44.9 Å². The fourth-order valence-electron chi connectivity index (χ4n) is 4.46. The van der Waals surface area contributed by atoms with Crippen LogP contribution in [0.1, 0.15) is 56.2 Å². The molecular formula is C30H35N5O2. The average Bonchev–Trinajstić information content (AvgIpc) is 2.94. The molecule has 0 bridgehead atoms. The Balaban J connectivity index is 1.48. The first-order valence-electron chi connectivity index (χ1n) is 13.2. The van der Waals surface area contributed by atoms with Crippen molar-refractivity contribution < 1.29 is 9.53 Å². The van der Waals surface area contributed by atoms with E-state index in [1.807, 2.05) is 42.5 Å². The first-order valence-corrected chi connectivity index (χ1v) is 13.2. The second kappa shape index (κ2) is 13.4. The van der Waals surface area contributed by atoms with Gasteiger partial charge in [-0.1, -0.05) is 75.1 Å². The van der Waals surface area contributed by atoms with E-state index < -0.39 is 11.9 Å². The highest BCUT2D eigenvalue weighted by Gasteiger charge is 2.31. The molecule has 0 amide bonds. The first kappa shape index (κ1) is 26.2. The zero-order chi connectivity index (χ0) is 25.9. The summed E-state index contributed by atoms with van der Waals surface area (Å²) in [5.74, 6) is -1.07. The number of nitrogens with zero attached hydrogens (tertiary/aromatic N) is 5. The Morgan fingerprint density at radius 2 is 1.65 bits per heavy atom. The summed E-state index contributed by atoms with van der Waals surface area (Å²) in [6, 6.07) is 19.9. The predicted molar refractivity (Wildman–Crippen MR) is 147 cm³/mol. The van der Waals surface area contributed by atoms with Crippen LogP contribution in [0.3, 0.4) is 0 Å². The third kappa shape index (κ3) is 7.07. The summed E-state index contributed by atoms with van der Waals surface area (Å²) in [6.45, 7) is 5.52. The minimum Gasteiger partial charge on any atom is -0.464 e. The number of carbonyl (C=O) groups excluding carboxylic acids is 1. The Morgan fingerprint density at radius 3 is 2.35 bits per heavy atom. The van der Waals surface area contributed by atoms with Crippen molar-refractivity contribution >= 4 is 28.9 Å². The minimum absolute atomic E-state index is 0.323. The Labute approximate surface area is 219 Å². The molecule has 0 unspecified atom stereocenters. The lowest BCUT2D eigenvalue weighted by Gasteiger charge is -2.35. The normalized spacial score (nSPS) is 14.6. The molecule has 1 saturated heterocycles. The number of nitriles is 1. The smallest absolute Gasteiger partial charge is 0.329 e. The molecule has 1 aliphatic heterocycles. The SMILES string of the molecule is CCCCCCCOC(=O)[C@H](C#N)c1nc2ccccc2nc1N1CCN(/C=C/c2ccccc2)CC1. The standard InChI is InChI=1S/C30H35N5O2/c1-2-3-4-5-11-22-37-30(36)25(23-31)28-29(33-27-15-10-9-14-26(27)32-28)35-20-18-34(19-21-35)17-16-24-12-7-6-8-13-24/h6-10,12-17,25H,2-5,11,18-22H2,1H3/b17-16+/t25-/m1/s1. The van der Waals surface area contributed by atoms with Gasteiger partial charge < -0.3 is 14.5 Å². The topological polar surface area (TPSA) is 82.3 Å². The molecule has 0 radical (unpaired) electrons. The second-order valence-electron chi connectivity index (χ2n) is 9.31. The van der Waals surface area contributed by atoms with Crippen molar-refractivity contribution in [3.63, 3.8) is 0 Å². The number of esters is 1. The molecule has 3 aromatic rings. The molecule has 4 rings (SSSR count). The molecule has 1 atom stereocenters. The van der Waals surface area contributed by atoms with Gasteiger partial charge in [0.15, 0.2) is 11.7 Å². The lowest BCUT2D eigenvalue weighted by molar-refractivity contribution is -0.144. The van der Waals surface area contributed by atoms with Crippen LogP contribution in [-0.4, -0.2) is 53.6 Å². The van der Waals surface area contributed by atoms with E-state index in [2.05, 4.69) is 47.2 Å². The molecule has 2 aromatic carbocycles. The van der Waals surface area contributed by atoms with Crippen LogP contribution in [0.15, 0.2) is 60.8 Å².